The third-order valence-electron chi connectivity index (χ3n) is 4.42. The Bertz CT molecular complexity index is 996. The maximum absolute atomic E-state index is 2.27. The Morgan fingerprint density at radius 3 is 2.52 bits per heavy atom. The summed E-state index contributed by atoms with van der Waals surface area (Å²) in [6.07, 6.45) is 6.28. The lowest BCUT2D eigenvalue weighted by Gasteiger charge is -2.08. The van der Waals surface area contributed by atoms with Gasteiger partial charge in [-0.3, -0.25) is 0 Å². The summed E-state index contributed by atoms with van der Waals surface area (Å²) in [5.74, 6) is 0. The Morgan fingerprint density at radius 2 is 1.70 bits per heavy atom. The van der Waals surface area contributed by atoms with Crippen molar-refractivity contribution in [2.45, 2.75) is 6.92 Å². The number of hydrogen-bond donors (Lipinski definition) is 0. The second-order valence-electron chi connectivity index (χ2n) is 5.98. The van der Waals surface area contributed by atoms with E-state index in [-0.39, 0.29) is 0 Å². The highest BCUT2D eigenvalue weighted by atomic mass is 14.9. The number of benzene rings is 1. The first-order valence-corrected chi connectivity index (χ1v) is 7.85. The van der Waals surface area contributed by atoms with E-state index in [9.17, 15) is 0 Å². The molecule has 2 nitrogen and oxygen atoms in total. The first-order chi connectivity index (χ1) is 11.2. The topological polar surface area (TPSA) is 8.29 Å². The van der Waals surface area contributed by atoms with E-state index in [2.05, 4.69) is 102 Å². The van der Waals surface area contributed by atoms with Crippen molar-refractivity contribution < 1.29 is 4.57 Å². The van der Waals surface area contributed by atoms with Gasteiger partial charge in [-0.1, -0.05) is 12.1 Å². The summed E-state index contributed by atoms with van der Waals surface area (Å²) >= 11 is 0. The van der Waals surface area contributed by atoms with Crippen molar-refractivity contribution in [3.8, 4) is 22.4 Å². The van der Waals surface area contributed by atoms with Crippen LogP contribution in [0.2, 0.25) is 0 Å². The number of fused-ring (bicyclic) bond motifs is 1. The van der Waals surface area contributed by atoms with Crippen molar-refractivity contribution in [3.63, 3.8) is 0 Å². The first kappa shape index (κ1) is 13.8. The van der Waals surface area contributed by atoms with E-state index < -0.39 is 0 Å². The average molecular weight is 299 g/mol. The second kappa shape index (κ2) is 5.40. The van der Waals surface area contributed by atoms with Crippen molar-refractivity contribution in [1.82, 2.24) is 4.40 Å². The number of rotatable bonds is 2. The predicted octanol–water partition coefficient (Wildman–Crippen LogP) is 4.41. The Hall–Kier alpha value is -2.87. The summed E-state index contributed by atoms with van der Waals surface area (Å²) in [5.41, 5.74) is 7.54. The van der Waals surface area contributed by atoms with Gasteiger partial charge in [-0.25, -0.2) is 4.57 Å². The lowest BCUT2D eigenvalue weighted by molar-refractivity contribution is -0.660. The fraction of sp³-hybridized carbons (Fsp3) is 0.0952. The Kier molecular flexibility index (Phi) is 3.23. The molecule has 0 saturated carbocycles. The van der Waals surface area contributed by atoms with Crippen LogP contribution in [0.3, 0.4) is 0 Å². The van der Waals surface area contributed by atoms with Gasteiger partial charge in [0.05, 0.1) is 0 Å². The number of aromatic nitrogens is 2. The molecule has 0 aliphatic rings. The zero-order valence-corrected chi connectivity index (χ0v) is 13.4. The van der Waals surface area contributed by atoms with Gasteiger partial charge in [-0.05, 0) is 60.0 Å². The van der Waals surface area contributed by atoms with E-state index in [4.69, 9.17) is 0 Å². The summed E-state index contributed by atoms with van der Waals surface area (Å²) in [6, 6.07) is 21.6. The van der Waals surface area contributed by atoms with Gasteiger partial charge in [0.1, 0.15) is 7.05 Å². The fourth-order valence-electron chi connectivity index (χ4n) is 3.15. The third-order valence-corrected chi connectivity index (χ3v) is 4.42. The van der Waals surface area contributed by atoms with Crippen LogP contribution in [0.25, 0.3) is 27.9 Å². The molecule has 0 aliphatic heterocycles. The van der Waals surface area contributed by atoms with Gasteiger partial charge in [0.2, 0.25) is 5.69 Å². The molecule has 2 heteroatoms. The lowest BCUT2D eigenvalue weighted by atomic mass is 9.98. The van der Waals surface area contributed by atoms with E-state index in [0.29, 0.717) is 0 Å². The zero-order valence-electron chi connectivity index (χ0n) is 13.4. The number of aryl methyl sites for hydroxylation is 2. The van der Waals surface area contributed by atoms with Crippen LogP contribution in [-0.4, -0.2) is 4.40 Å². The van der Waals surface area contributed by atoms with Crippen LogP contribution in [-0.2, 0) is 7.05 Å². The standard InChI is InChI=1S/C21H19N2/c1-16-14-17(18-10-13-23-12-5-6-19(23)15-18)8-9-20(16)21-7-3-4-11-22(21)2/h3-15H,1-2H3/q+1. The summed E-state index contributed by atoms with van der Waals surface area (Å²) in [5, 5.41) is 0. The van der Waals surface area contributed by atoms with E-state index in [1.165, 1.54) is 33.5 Å². The molecule has 0 amide bonds. The van der Waals surface area contributed by atoms with Crippen molar-refractivity contribution in [1.29, 1.82) is 0 Å². The molecule has 1 aromatic carbocycles. The van der Waals surface area contributed by atoms with E-state index >= 15 is 0 Å². The van der Waals surface area contributed by atoms with Crippen molar-refractivity contribution >= 4 is 5.52 Å². The van der Waals surface area contributed by atoms with Crippen LogP contribution in [0.15, 0.2) is 79.3 Å². The van der Waals surface area contributed by atoms with Crippen LogP contribution in [0.5, 0.6) is 0 Å². The molecule has 4 aromatic rings. The van der Waals surface area contributed by atoms with Crippen LogP contribution in [0, 0.1) is 6.92 Å². The third kappa shape index (κ3) is 2.42. The molecule has 0 atom stereocenters. The van der Waals surface area contributed by atoms with Gasteiger partial charge in [-0.2, -0.15) is 0 Å². The zero-order chi connectivity index (χ0) is 15.8. The first-order valence-electron chi connectivity index (χ1n) is 7.85. The molecule has 0 bridgehead atoms. The minimum absolute atomic E-state index is 1.22. The fourth-order valence-corrected chi connectivity index (χ4v) is 3.15. The summed E-state index contributed by atoms with van der Waals surface area (Å²) < 4.78 is 4.30. The molecular weight excluding hydrogens is 280 g/mol. The predicted molar refractivity (Wildman–Crippen MR) is 94.2 cm³/mol. The summed E-state index contributed by atoms with van der Waals surface area (Å²) in [4.78, 5) is 0. The normalized spacial score (nSPS) is 11.0. The van der Waals surface area contributed by atoms with Crippen LogP contribution in [0.1, 0.15) is 5.56 Å². The molecule has 3 heterocycles. The summed E-state index contributed by atoms with van der Waals surface area (Å²) in [6.45, 7) is 2.18. The van der Waals surface area contributed by atoms with Crippen LogP contribution >= 0.6 is 0 Å². The van der Waals surface area contributed by atoms with Gasteiger partial charge in [0, 0.05) is 35.6 Å². The molecule has 0 unspecified atom stereocenters. The molecule has 3 aromatic heterocycles. The minimum atomic E-state index is 1.22. The number of nitrogens with zero attached hydrogens (tertiary/aromatic N) is 2. The Labute approximate surface area is 136 Å². The largest absolute Gasteiger partial charge is 0.324 e. The number of hydrogen-bond acceptors (Lipinski definition) is 0. The molecule has 0 radical (unpaired) electrons. The number of pyridine rings is 2. The van der Waals surface area contributed by atoms with Crippen molar-refractivity contribution in [3.05, 3.63) is 84.8 Å². The van der Waals surface area contributed by atoms with Crippen LogP contribution in [0.4, 0.5) is 0 Å². The lowest BCUT2D eigenvalue weighted by Crippen LogP contribution is -2.30. The quantitative estimate of drug-likeness (QED) is 0.485. The molecule has 4 rings (SSSR count). The van der Waals surface area contributed by atoms with Crippen molar-refractivity contribution in [2.24, 2.45) is 7.05 Å². The van der Waals surface area contributed by atoms with Gasteiger partial charge < -0.3 is 4.40 Å². The maximum Gasteiger partial charge on any atom is 0.212 e. The molecular formula is C21H19N2+. The minimum Gasteiger partial charge on any atom is -0.324 e. The molecule has 0 aliphatic carbocycles. The van der Waals surface area contributed by atoms with Crippen LogP contribution < -0.4 is 4.57 Å². The summed E-state index contributed by atoms with van der Waals surface area (Å²) in [7, 11) is 2.09. The second-order valence-corrected chi connectivity index (χ2v) is 5.98. The van der Waals surface area contributed by atoms with Gasteiger partial charge in [0.15, 0.2) is 6.20 Å². The van der Waals surface area contributed by atoms with E-state index in [0.717, 1.165) is 0 Å². The molecule has 23 heavy (non-hydrogen) atoms. The monoisotopic (exact) mass is 299 g/mol. The Morgan fingerprint density at radius 1 is 0.826 bits per heavy atom. The molecule has 0 spiro atoms. The van der Waals surface area contributed by atoms with E-state index in [1.807, 2.05) is 0 Å². The highest BCUT2D eigenvalue weighted by Crippen LogP contribution is 2.27. The SMILES string of the molecule is Cc1cc(-c2ccn3cccc3c2)ccc1-c1cccc[n+]1C. The smallest absolute Gasteiger partial charge is 0.212 e. The van der Waals surface area contributed by atoms with Gasteiger partial charge in [-0.15, -0.1) is 0 Å². The average Bonchev–Trinajstić information content (AvgIpc) is 3.03. The molecule has 0 saturated heterocycles. The highest BCUT2D eigenvalue weighted by Gasteiger charge is 2.12. The molecule has 0 N–H and O–H groups in total. The molecule has 112 valence electrons. The maximum atomic E-state index is 2.27. The van der Waals surface area contributed by atoms with E-state index in [1.54, 1.807) is 0 Å². The van der Waals surface area contributed by atoms with Gasteiger partial charge >= 0.3 is 0 Å². The van der Waals surface area contributed by atoms with Gasteiger partial charge in [0.25, 0.3) is 0 Å². The Balaban J connectivity index is 1.80. The van der Waals surface area contributed by atoms with Crippen molar-refractivity contribution in [2.75, 3.05) is 0 Å². The highest BCUT2D eigenvalue weighted by molar-refractivity contribution is 5.73. The molecule has 0 fully saturated rings.